The first kappa shape index (κ1) is 19.5. The van der Waals surface area contributed by atoms with Crippen LogP contribution in [0.3, 0.4) is 0 Å². The molecule has 0 saturated heterocycles. The van der Waals surface area contributed by atoms with Gasteiger partial charge in [-0.3, -0.25) is 0 Å². The molecule has 136 valence electrons. The summed E-state index contributed by atoms with van der Waals surface area (Å²) < 4.78 is 11.1. The first-order valence-corrected chi connectivity index (χ1v) is 8.05. The molecule has 0 aromatic heterocycles. The second-order valence-electron chi connectivity index (χ2n) is 5.63. The average molecular weight is 389 g/mol. The number of nitrogens with zero attached hydrogens (tertiary/aromatic N) is 1. The molecule has 2 aromatic rings. The Bertz CT molecular complexity index is 709. The fourth-order valence-electron chi connectivity index (χ4n) is 2.88. The zero-order valence-corrected chi connectivity index (χ0v) is 15.1. The molecule has 1 N–H and O–H groups in total. The molecule has 25 heavy (non-hydrogen) atoms. The summed E-state index contributed by atoms with van der Waals surface area (Å²) >= 11 is 0. The second kappa shape index (κ2) is 9.02. The summed E-state index contributed by atoms with van der Waals surface area (Å²) in [5, 5.41) is 7.84. The van der Waals surface area contributed by atoms with Gasteiger partial charge < -0.3 is 20.1 Å². The van der Waals surface area contributed by atoms with Crippen LogP contribution in [0.2, 0.25) is 0 Å². The van der Waals surface area contributed by atoms with E-state index >= 15 is 0 Å². The zero-order valence-electron chi connectivity index (χ0n) is 14.2. The van der Waals surface area contributed by atoms with Crippen LogP contribution < -0.4 is 10.1 Å². The average Bonchev–Trinajstić information content (AvgIpc) is 2.96. The van der Waals surface area contributed by atoms with Crippen LogP contribution in [0.25, 0.3) is 5.32 Å². The topological polar surface area (TPSA) is 61.7 Å². The van der Waals surface area contributed by atoms with E-state index in [-0.39, 0.29) is 41.9 Å². The van der Waals surface area contributed by atoms with Gasteiger partial charge in [-0.25, -0.2) is 4.79 Å². The van der Waals surface area contributed by atoms with E-state index in [9.17, 15) is 4.79 Å². The van der Waals surface area contributed by atoms with Crippen molar-refractivity contribution in [3.8, 4) is 5.75 Å². The number of fused-ring (bicyclic) bond motifs is 1. The van der Waals surface area contributed by atoms with Crippen LogP contribution >= 0.6 is 0 Å². The monoisotopic (exact) mass is 388 g/mol. The number of esters is 1. The van der Waals surface area contributed by atoms with Gasteiger partial charge in [-0.05, 0) is 30.8 Å². The van der Waals surface area contributed by atoms with Crippen molar-refractivity contribution < 1.29 is 31.3 Å². The molecule has 3 rings (SSSR count). The standard InChI is InChI=1S/C19H21N2O3.Cu/c1-13-15-9-6-10-16(17(15)18(20-2)21-13)23-11-12-24-19(22)14-7-4-3-5-8-14;/h3-10,13,18,20H,11-12H2,1-2H3;/q-1;+1. The predicted molar refractivity (Wildman–Crippen MR) is 92.2 cm³/mol. The van der Waals surface area contributed by atoms with E-state index in [1.165, 1.54) is 5.56 Å². The van der Waals surface area contributed by atoms with Crippen molar-refractivity contribution in [2.24, 2.45) is 0 Å². The molecule has 1 aliphatic heterocycles. The number of hydrogen-bond donors (Lipinski definition) is 1. The number of benzene rings is 2. The maximum atomic E-state index is 11.9. The van der Waals surface area contributed by atoms with Crippen molar-refractivity contribution in [3.05, 3.63) is 70.5 Å². The van der Waals surface area contributed by atoms with E-state index in [4.69, 9.17) is 9.47 Å². The molecule has 0 spiro atoms. The molecule has 2 aromatic carbocycles. The maximum Gasteiger partial charge on any atom is 1.00 e. The molecule has 1 aliphatic rings. The first-order chi connectivity index (χ1) is 11.7. The van der Waals surface area contributed by atoms with Gasteiger partial charge in [0.15, 0.2) is 0 Å². The third-order valence-electron chi connectivity index (χ3n) is 4.05. The number of carbonyl (C=O) groups is 1. The molecule has 0 amide bonds. The molecular weight excluding hydrogens is 368 g/mol. The third-order valence-corrected chi connectivity index (χ3v) is 4.05. The summed E-state index contributed by atoms with van der Waals surface area (Å²) in [6.07, 6.45) is -0.0573. The van der Waals surface area contributed by atoms with E-state index < -0.39 is 0 Å². The van der Waals surface area contributed by atoms with Crippen LogP contribution in [-0.4, -0.2) is 26.2 Å². The fraction of sp³-hybridized carbons (Fsp3) is 0.316. The van der Waals surface area contributed by atoms with Gasteiger partial charge in [0.25, 0.3) is 0 Å². The van der Waals surface area contributed by atoms with E-state index in [1.54, 1.807) is 12.1 Å². The van der Waals surface area contributed by atoms with Crippen LogP contribution in [0.1, 0.15) is 40.6 Å². The van der Waals surface area contributed by atoms with E-state index in [0.717, 1.165) is 11.3 Å². The smallest absolute Gasteiger partial charge is 0.637 e. The van der Waals surface area contributed by atoms with Crippen molar-refractivity contribution in [1.82, 2.24) is 5.32 Å². The number of carbonyl (C=O) groups excluding carboxylic acids is 1. The Hall–Kier alpha value is -1.85. The van der Waals surface area contributed by atoms with Crippen molar-refractivity contribution in [2.45, 2.75) is 19.1 Å². The summed E-state index contributed by atoms with van der Waals surface area (Å²) in [4.78, 5) is 11.9. The first-order valence-electron chi connectivity index (χ1n) is 8.05. The van der Waals surface area contributed by atoms with Gasteiger partial charge >= 0.3 is 23.0 Å². The molecule has 1 heterocycles. The predicted octanol–water partition coefficient (Wildman–Crippen LogP) is 3.59. The van der Waals surface area contributed by atoms with Crippen molar-refractivity contribution in [3.63, 3.8) is 0 Å². The number of rotatable bonds is 6. The van der Waals surface area contributed by atoms with Gasteiger partial charge in [0, 0.05) is 0 Å². The minimum Gasteiger partial charge on any atom is -0.637 e. The molecule has 0 saturated carbocycles. The van der Waals surface area contributed by atoms with Crippen LogP contribution in [-0.2, 0) is 21.8 Å². The number of hydrogen-bond acceptors (Lipinski definition) is 4. The third kappa shape index (κ3) is 4.41. The summed E-state index contributed by atoms with van der Waals surface area (Å²) in [5.41, 5.74) is 2.79. The molecular formula is C19H21CuN2O3. The van der Waals surface area contributed by atoms with E-state index in [2.05, 4.69) is 23.6 Å². The molecule has 5 nitrogen and oxygen atoms in total. The van der Waals surface area contributed by atoms with Crippen molar-refractivity contribution in [2.75, 3.05) is 20.3 Å². The minimum absolute atomic E-state index is 0. The largest absolute Gasteiger partial charge is 1.00 e. The van der Waals surface area contributed by atoms with Crippen molar-refractivity contribution >= 4 is 5.97 Å². The molecule has 6 heteroatoms. The summed E-state index contributed by atoms with van der Waals surface area (Å²) in [7, 11) is 1.88. The Morgan fingerprint density at radius 2 is 1.88 bits per heavy atom. The fourth-order valence-corrected chi connectivity index (χ4v) is 2.88. The maximum absolute atomic E-state index is 11.9. The minimum atomic E-state index is -0.339. The molecule has 0 bridgehead atoms. The normalized spacial score (nSPS) is 18.2. The Kier molecular flexibility index (Phi) is 7.02. The van der Waals surface area contributed by atoms with Crippen LogP contribution in [0.4, 0.5) is 0 Å². The molecule has 0 radical (unpaired) electrons. The van der Waals surface area contributed by atoms with Crippen LogP contribution in [0.5, 0.6) is 5.75 Å². The second-order valence-corrected chi connectivity index (χ2v) is 5.63. The Balaban J connectivity index is 0.00000225. The van der Waals surface area contributed by atoms with Crippen molar-refractivity contribution in [1.29, 1.82) is 0 Å². The Morgan fingerprint density at radius 1 is 1.12 bits per heavy atom. The van der Waals surface area contributed by atoms with E-state index in [1.807, 2.05) is 37.4 Å². The van der Waals surface area contributed by atoms with Gasteiger partial charge in [-0.2, -0.15) is 0 Å². The van der Waals surface area contributed by atoms with Gasteiger partial charge in [-0.1, -0.05) is 49.0 Å². The summed E-state index contributed by atoms with van der Waals surface area (Å²) in [6, 6.07) is 15.1. The zero-order chi connectivity index (χ0) is 16.9. The SMILES string of the molecule is CNC1[N-]C(C)c2cccc(OCCOC(=O)c3ccccc3)c21.[Cu+]. The molecule has 0 aliphatic carbocycles. The number of ether oxygens (including phenoxy) is 2. The summed E-state index contributed by atoms with van der Waals surface area (Å²) in [6.45, 7) is 2.58. The van der Waals surface area contributed by atoms with Gasteiger partial charge in [0.2, 0.25) is 0 Å². The van der Waals surface area contributed by atoms with E-state index in [0.29, 0.717) is 12.2 Å². The van der Waals surface area contributed by atoms with Gasteiger partial charge in [-0.15, -0.1) is 6.04 Å². The van der Waals surface area contributed by atoms with Gasteiger partial charge in [0.05, 0.1) is 5.56 Å². The quantitative estimate of drug-likeness (QED) is 0.466. The summed E-state index contributed by atoms with van der Waals surface area (Å²) in [5.74, 6) is 0.449. The molecule has 2 unspecified atom stereocenters. The molecule has 2 atom stereocenters. The van der Waals surface area contributed by atoms with Crippen LogP contribution in [0, 0.1) is 0 Å². The Labute approximate surface area is 158 Å². The Morgan fingerprint density at radius 3 is 2.60 bits per heavy atom. The van der Waals surface area contributed by atoms with Crippen LogP contribution in [0.15, 0.2) is 48.5 Å². The number of nitrogens with one attached hydrogen (secondary N) is 1. The van der Waals surface area contributed by atoms with Gasteiger partial charge in [0.1, 0.15) is 19.0 Å². The molecule has 0 fully saturated rings.